The summed E-state index contributed by atoms with van der Waals surface area (Å²) >= 11 is 7.89. The van der Waals surface area contributed by atoms with E-state index in [1.807, 2.05) is 23.1 Å². The molecule has 0 aliphatic carbocycles. The molecule has 6 nitrogen and oxygen atoms in total. The second-order valence-corrected chi connectivity index (χ2v) is 8.91. The number of hydrazone groups is 1. The lowest BCUT2D eigenvalue weighted by atomic mass is 10.1. The fourth-order valence-corrected chi connectivity index (χ4v) is 4.83. The maximum atomic E-state index is 12.7. The van der Waals surface area contributed by atoms with Crippen LogP contribution in [0.2, 0.25) is 5.02 Å². The van der Waals surface area contributed by atoms with Gasteiger partial charge in [0.25, 0.3) is 5.91 Å². The largest absolute Gasteiger partial charge is 0.335 e. The van der Waals surface area contributed by atoms with Crippen molar-refractivity contribution in [3.05, 3.63) is 46.3 Å². The van der Waals surface area contributed by atoms with Crippen LogP contribution in [0.5, 0.6) is 0 Å². The summed E-state index contributed by atoms with van der Waals surface area (Å²) < 4.78 is 0. The third-order valence-corrected chi connectivity index (χ3v) is 6.62. The van der Waals surface area contributed by atoms with Gasteiger partial charge in [0, 0.05) is 67.4 Å². The summed E-state index contributed by atoms with van der Waals surface area (Å²) in [4.78, 5) is 31.0. The van der Waals surface area contributed by atoms with Crippen LogP contribution in [-0.4, -0.2) is 65.6 Å². The molecule has 152 valence electrons. The van der Waals surface area contributed by atoms with E-state index in [1.165, 1.54) is 14.8 Å². The first-order valence-corrected chi connectivity index (χ1v) is 10.9. The van der Waals surface area contributed by atoms with E-state index < -0.39 is 0 Å². The predicted octanol–water partition coefficient (Wildman–Crippen LogP) is 3.32. The summed E-state index contributed by atoms with van der Waals surface area (Å²) in [5, 5.41) is 6.18. The second-order valence-electron chi connectivity index (χ2n) is 7.31. The van der Waals surface area contributed by atoms with E-state index in [9.17, 15) is 9.59 Å². The summed E-state index contributed by atoms with van der Waals surface area (Å²) in [6, 6.07) is 12.2. The number of piperazine rings is 1. The van der Waals surface area contributed by atoms with Crippen LogP contribution in [0.4, 0.5) is 0 Å². The van der Waals surface area contributed by atoms with Crippen LogP contribution in [0.3, 0.4) is 0 Å². The Balaban J connectivity index is 1.32. The fourth-order valence-electron chi connectivity index (χ4n) is 3.60. The molecule has 2 aliphatic heterocycles. The van der Waals surface area contributed by atoms with Gasteiger partial charge < -0.3 is 4.90 Å². The van der Waals surface area contributed by atoms with Crippen LogP contribution in [0.25, 0.3) is 10.4 Å². The Bertz CT molecular complexity index is 950. The van der Waals surface area contributed by atoms with Crippen molar-refractivity contribution >= 4 is 40.5 Å². The summed E-state index contributed by atoms with van der Waals surface area (Å²) in [5.41, 5.74) is 1.63. The van der Waals surface area contributed by atoms with E-state index in [0.717, 1.165) is 30.2 Å². The first-order valence-electron chi connectivity index (χ1n) is 9.70. The molecule has 2 aromatic rings. The highest BCUT2D eigenvalue weighted by atomic mass is 35.5. The number of rotatable bonds is 4. The van der Waals surface area contributed by atoms with Gasteiger partial charge in [0.1, 0.15) is 5.71 Å². The molecule has 0 unspecified atom stereocenters. The monoisotopic (exact) mass is 430 g/mol. The number of thiophene rings is 1. The number of benzene rings is 1. The summed E-state index contributed by atoms with van der Waals surface area (Å²) in [5.74, 6) is -0.0807. The second kappa shape index (κ2) is 8.65. The summed E-state index contributed by atoms with van der Waals surface area (Å²) in [7, 11) is 1.60. The van der Waals surface area contributed by atoms with Crippen LogP contribution in [0.1, 0.15) is 17.7 Å². The zero-order chi connectivity index (χ0) is 20.4. The Morgan fingerprint density at radius 1 is 1.14 bits per heavy atom. The Morgan fingerprint density at radius 2 is 1.93 bits per heavy atom. The molecule has 2 amide bonds. The molecule has 3 heterocycles. The summed E-state index contributed by atoms with van der Waals surface area (Å²) in [6.45, 7) is 3.91. The zero-order valence-corrected chi connectivity index (χ0v) is 17.9. The minimum Gasteiger partial charge on any atom is -0.335 e. The topological polar surface area (TPSA) is 56.2 Å². The molecule has 8 heteroatoms. The van der Waals surface area contributed by atoms with Gasteiger partial charge in [0.2, 0.25) is 5.91 Å². The number of hydrogen-bond acceptors (Lipinski definition) is 5. The van der Waals surface area contributed by atoms with Gasteiger partial charge in [0.15, 0.2) is 0 Å². The molecule has 0 bridgehead atoms. The maximum absolute atomic E-state index is 12.7. The number of nitrogens with zero attached hydrogens (tertiary/aromatic N) is 4. The Labute approximate surface area is 179 Å². The van der Waals surface area contributed by atoms with Crippen molar-refractivity contribution < 1.29 is 9.59 Å². The van der Waals surface area contributed by atoms with Crippen molar-refractivity contribution in [1.82, 2.24) is 14.8 Å². The number of hydrogen-bond donors (Lipinski definition) is 0. The molecule has 1 fully saturated rings. The SMILES string of the molecule is CN1N=C(C(=O)N2CCN(Cc3ccc(-c4cccc(Cl)c4)s3)CC2)CCC1=O. The Kier molecular flexibility index (Phi) is 5.99. The predicted molar refractivity (Wildman–Crippen MR) is 116 cm³/mol. The lowest BCUT2D eigenvalue weighted by Crippen LogP contribution is -2.51. The van der Waals surface area contributed by atoms with E-state index in [4.69, 9.17) is 11.6 Å². The molecule has 1 aromatic carbocycles. The van der Waals surface area contributed by atoms with E-state index >= 15 is 0 Å². The summed E-state index contributed by atoms with van der Waals surface area (Å²) in [6.07, 6.45) is 0.790. The number of amides is 2. The van der Waals surface area contributed by atoms with Gasteiger partial charge in [-0.1, -0.05) is 23.7 Å². The van der Waals surface area contributed by atoms with Crippen molar-refractivity contribution in [1.29, 1.82) is 0 Å². The van der Waals surface area contributed by atoms with Gasteiger partial charge >= 0.3 is 0 Å². The average molecular weight is 431 g/mol. The van der Waals surface area contributed by atoms with Gasteiger partial charge in [-0.3, -0.25) is 14.5 Å². The van der Waals surface area contributed by atoms with Gasteiger partial charge in [-0.15, -0.1) is 11.3 Å². The molecule has 4 rings (SSSR count). The van der Waals surface area contributed by atoms with Crippen molar-refractivity contribution in [2.75, 3.05) is 33.2 Å². The van der Waals surface area contributed by atoms with Gasteiger partial charge in [0.05, 0.1) is 0 Å². The molecule has 0 atom stereocenters. The zero-order valence-electron chi connectivity index (χ0n) is 16.3. The highest BCUT2D eigenvalue weighted by Gasteiger charge is 2.28. The van der Waals surface area contributed by atoms with Gasteiger partial charge in [-0.25, -0.2) is 5.01 Å². The highest BCUT2D eigenvalue weighted by Crippen LogP contribution is 2.30. The normalized spacial score (nSPS) is 18.1. The molecule has 0 N–H and O–H groups in total. The molecular formula is C21H23ClN4O2S. The molecule has 2 aliphatic rings. The average Bonchev–Trinajstić information content (AvgIpc) is 3.19. The Morgan fingerprint density at radius 3 is 2.66 bits per heavy atom. The molecule has 1 saturated heterocycles. The smallest absolute Gasteiger partial charge is 0.270 e. The quantitative estimate of drug-likeness (QED) is 0.747. The lowest BCUT2D eigenvalue weighted by Gasteiger charge is -2.35. The molecule has 0 spiro atoms. The fraction of sp³-hybridized carbons (Fsp3) is 0.381. The van der Waals surface area contributed by atoms with Gasteiger partial charge in [-0.2, -0.15) is 5.10 Å². The Hall–Kier alpha value is -2.22. The van der Waals surface area contributed by atoms with Crippen molar-refractivity contribution in [2.24, 2.45) is 5.10 Å². The van der Waals surface area contributed by atoms with Crippen LogP contribution in [0.15, 0.2) is 41.5 Å². The minimum atomic E-state index is -0.0422. The molecule has 1 aromatic heterocycles. The number of carbonyl (C=O) groups is 2. The molecular weight excluding hydrogens is 408 g/mol. The van der Waals surface area contributed by atoms with Gasteiger partial charge in [-0.05, 0) is 29.8 Å². The van der Waals surface area contributed by atoms with Crippen molar-refractivity contribution in [2.45, 2.75) is 19.4 Å². The molecule has 0 radical (unpaired) electrons. The van der Waals surface area contributed by atoms with Crippen LogP contribution in [-0.2, 0) is 16.1 Å². The van der Waals surface area contributed by atoms with E-state index in [2.05, 4.69) is 28.2 Å². The van der Waals surface area contributed by atoms with Crippen molar-refractivity contribution in [3.8, 4) is 10.4 Å². The standard InChI is InChI=1S/C21H23ClN4O2S/c1-24-20(27)8-6-18(23-24)21(28)26-11-9-25(10-12-26)14-17-5-7-19(29-17)15-3-2-4-16(22)13-15/h2-5,7,13H,6,8-12,14H2,1H3. The van der Waals surface area contributed by atoms with E-state index in [1.54, 1.807) is 18.4 Å². The van der Waals surface area contributed by atoms with E-state index in [-0.39, 0.29) is 11.8 Å². The number of carbonyl (C=O) groups excluding carboxylic acids is 2. The first-order chi connectivity index (χ1) is 14.0. The van der Waals surface area contributed by atoms with Crippen LogP contribution >= 0.6 is 22.9 Å². The van der Waals surface area contributed by atoms with Crippen molar-refractivity contribution in [3.63, 3.8) is 0 Å². The third kappa shape index (κ3) is 4.69. The van der Waals surface area contributed by atoms with Crippen LogP contribution < -0.4 is 0 Å². The molecule has 29 heavy (non-hydrogen) atoms. The lowest BCUT2D eigenvalue weighted by molar-refractivity contribution is -0.131. The highest BCUT2D eigenvalue weighted by molar-refractivity contribution is 7.15. The third-order valence-electron chi connectivity index (χ3n) is 5.26. The first kappa shape index (κ1) is 20.1. The van der Waals surface area contributed by atoms with E-state index in [0.29, 0.717) is 31.6 Å². The number of halogens is 1. The minimum absolute atomic E-state index is 0.0385. The molecule has 0 saturated carbocycles. The van der Waals surface area contributed by atoms with Crippen LogP contribution in [0, 0.1) is 0 Å². The maximum Gasteiger partial charge on any atom is 0.270 e.